The van der Waals surface area contributed by atoms with Crippen molar-refractivity contribution in [3.63, 3.8) is 0 Å². The lowest BCUT2D eigenvalue weighted by Crippen LogP contribution is -2.23. The van der Waals surface area contributed by atoms with Gasteiger partial charge in [0.25, 0.3) is 0 Å². The standard InChI is InChI=1S/C17H33N3/c1-4-6-7-8-9-10-11-12-13-16(18-5-2)17-19-14-15-20(17)3/h14-16,18H,4-13H2,1-3H3. The summed E-state index contributed by atoms with van der Waals surface area (Å²) in [6.45, 7) is 5.46. The van der Waals surface area contributed by atoms with E-state index in [2.05, 4.69) is 35.8 Å². The van der Waals surface area contributed by atoms with E-state index >= 15 is 0 Å². The zero-order valence-electron chi connectivity index (χ0n) is 13.7. The quantitative estimate of drug-likeness (QED) is 0.567. The maximum atomic E-state index is 4.48. The van der Waals surface area contributed by atoms with Crippen LogP contribution in [0, 0.1) is 0 Å². The van der Waals surface area contributed by atoms with Gasteiger partial charge in [0.2, 0.25) is 0 Å². The van der Waals surface area contributed by atoms with Gasteiger partial charge in [-0.05, 0) is 13.0 Å². The van der Waals surface area contributed by atoms with Gasteiger partial charge in [-0.3, -0.25) is 0 Å². The van der Waals surface area contributed by atoms with E-state index in [1.165, 1.54) is 63.6 Å². The Kier molecular flexibility index (Phi) is 9.38. The molecule has 0 fully saturated rings. The molecule has 0 bridgehead atoms. The maximum Gasteiger partial charge on any atom is 0.125 e. The van der Waals surface area contributed by atoms with Crippen LogP contribution in [-0.4, -0.2) is 16.1 Å². The average molecular weight is 279 g/mol. The van der Waals surface area contributed by atoms with E-state index in [1.54, 1.807) is 0 Å². The number of rotatable bonds is 12. The van der Waals surface area contributed by atoms with Crippen molar-refractivity contribution < 1.29 is 0 Å². The minimum Gasteiger partial charge on any atom is -0.337 e. The zero-order valence-corrected chi connectivity index (χ0v) is 13.7. The van der Waals surface area contributed by atoms with Gasteiger partial charge in [0, 0.05) is 19.4 Å². The Morgan fingerprint density at radius 1 is 1.05 bits per heavy atom. The van der Waals surface area contributed by atoms with Crippen LogP contribution >= 0.6 is 0 Å². The molecule has 0 amide bonds. The average Bonchev–Trinajstić information content (AvgIpc) is 2.87. The first-order valence-corrected chi connectivity index (χ1v) is 8.50. The number of imidazole rings is 1. The molecule has 0 saturated carbocycles. The molecule has 116 valence electrons. The lowest BCUT2D eigenvalue weighted by atomic mass is 10.0. The molecule has 1 N–H and O–H groups in total. The Labute approximate surface area is 125 Å². The maximum absolute atomic E-state index is 4.48. The van der Waals surface area contributed by atoms with Crippen molar-refractivity contribution in [2.75, 3.05) is 6.54 Å². The molecule has 0 saturated heterocycles. The Morgan fingerprint density at radius 3 is 2.25 bits per heavy atom. The first-order valence-electron chi connectivity index (χ1n) is 8.50. The molecular formula is C17H33N3. The monoisotopic (exact) mass is 279 g/mol. The second kappa shape index (κ2) is 10.9. The fourth-order valence-electron chi connectivity index (χ4n) is 2.76. The molecule has 1 aromatic heterocycles. The molecule has 1 aromatic rings. The van der Waals surface area contributed by atoms with Crippen LogP contribution in [0.1, 0.15) is 83.5 Å². The number of aromatic nitrogens is 2. The summed E-state index contributed by atoms with van der Waals surface area (Å²) in [7, 11) is 2.08. The summed E-state index contributed by atoms with van der Waals surface area (Å²) >= 11 is 0. The van der Waals surface area contributed by atoms with E-state index in [0.717, 1.165) is 6.54 Å². The fourth-order valence-corrected chi connectivity index (χ4v) is 2.76. The van der Waals surface area contributed by atoms with E-state index in [-0.39, 0.29) is 0 Å². The fraction of sp³-hybridized carbons (Fsp3) is 0.824. The zero-order chi connectivity index (χ0) is 14.6. The first kappa shape index (κ1) is 17.2. The van der Waals surface area contributed by atoms with Gasteiger partial charge in [-0.2, -0.15) is 0 Å². The van der Waals surface area contributed by atoms with Crippen molar-refractivity contribution in [3.8, 4) is 0 Å². The molecule has 1 heterocycles. The van der Waals surface area contributed by atoms with Gasteiger partial charge in [0.1, 0.15) is 5.82 Å². The van der Waals surface area contributed by atoms with Crippen molar-refractivity contribution in [1.82, 2.24) is 14.9 Å². The highest BCUT2D eigenvalue weighted by Crippen LogP contribution is 2.19. The third kappa shape index (κ3) is 6.56. The van der Waals surface area contributed by atoms with Gasteiger partial charge in [0.15, 0.2) is 0 Å². The first-order chi connectivity index (χ1) is 9.79. The highest BCUT2D eigenvalue weighted by molar-refractivity contribution is 4.98. The molecule has 0 aliphatic rings. The van der Waals surface area contributed by atoms with E-state index in [0.29, 0.717) is 6.04 Å². The van der Waals surface area contributed by atoms with E-state index < -0.39 is 0 Å². The highest BCUT2D eigenvalue weighted by atomic mass is 15.1. The Balaban J connectivity index is 2.16. The highest BCUT2D eigenvalue weighted by Gasteiger charge is 2.13. The molecule has 20 heavy (non-hydrogen) atoms. The van der Waals surface area contributed by atoms with Crippen molar-refractivity contribution in [3.05, 3.63) is 18.2 Å². The molecular weight excluding hydrogens is 246 g/mol. The van der Waals surface area contributed by atoms with Gasteiger partial charge in [-0.1, -0.05) is 65.2 Å². The molecule has 1 rings (SSSR count). The Bertz CT molecular complexity index is 333. The SMILES string of the molecule is CCCCCCCCCCC(NCC)c1nccn1C. The smallest absolute Gasteiger partial charge is 0.125 e. The summed E-state index contributed by atoms with van der Waals surface area (Å²) in [5.41, 5.74) is 0. The number of nitrogens with zero attached hydrogens (tertiary/aromatic N) is 2. The summed E-state index contributed by atoms with van der Waals surface area (Å²) in [4.78, 5) is 4.48. The summed E-state index contributed by atoms with van der Waals surface area (Å²) < 4.78 is 2.14. The van der Waals surface area contributed by atoms with Crippen molar-refractivity contribution >= 4 is 0 Å². The van der Waals surface area contributed by atoms with Crippen molar-refractivity contribution in [1.29, 1.82) is 0 Å². The van der Waals surface area contributed by atoms with Crippen LogP contribution in [0.4, 0.5) is 0 Å². The predicted molar refractivity (Wildman–Crippen MR) is 86.9 cm³/mol. The van der Waals surface area contributed by atoms with Crippen LogP contribution in [0.25, 0.3) is 0 Å². The number of nitrogens with one attached hydrogen (secondary N) is 1. The third-order valence-corrected chi connectivity index (χ3v) is 3.97. The molecule has 1 atom stereocenters. The molecule has 3 nitrogen and oxygen atoms in total. The van der Waals surface area contributed by atoms with Crippen molar-refractivity contribution in [2.45, 2.75) is 77.7 Å². The second-order valence-corrected chi connectivity index (χ2v) is 5.77. The Hall–Kier alpha value is -0.830. The van der Waals surface area contributed by atoms with Gasteiger partial charge < -0.3 is 9.88 Å². The van der Waals surface area contributed by atoms with E-state index in [4.69, 9.17) is 0 Å². The van der Waals surface area contributed by atoms with Crippen molar-refractivity contribution in [2.24, 2.45) is 7.05 Å². The molecule has 1 unspecified atom stereocenters. The van der Waals surface area contributed by atoms with Crippen LogP contribution in [-0.2, 0) is 7.05 Å². The normalized spacial score (nSPS) is 12.8. The lowest BCUT2D eigenvalue weighted by molar-refractivity contribution is 0.448. The molecule has 3 heteroatoms. The molecule has 0 aromatic carbocycles. The number of aryl methyl sites for hydroxylation is 1. The third-order valence-electron chi connectivity index (χ3n) is 3.97. The van der Waals surface area contributed by atoms with Gasteiger partial charge >= 0.3 is 0 Å². The molecule has 0 aliphatic heterocycles. The largest absolute Gasteiger partial charge is 0.337 e. The summed E-state index contributed by atoms with van der Waals surface area (Å²) in [6.07, 6.45) is 16.2. The van der Waals surface area contributed by atoms with Gasteiger partial charge in [-0.15, -0.1) is 0 Å². The number of unbranched alkanes of at least 4 members (excludes halogenated alkanes) is 7. The van der Waals surface area contributed by atoms with Crippen LogP contribution in [0.2, 0.25) is 0 Å². The molecule has 0 aliphatic carbocycles. The van der Waals surface area contributed by atoms with Crippen LogP contribution in [0.3, 0.4) is 0 Å². The van der Waals surface area contributed by atoms with E-state index in [9.17, 15) is 0 Å². The van der Waals surface area contributed by atoms with Crippen LogP contribution in [0.15, 0.2) is 12.4 Å². The lowest BCUT2D eigenvalue weighted by Gasteiger charge is -2.17. The summed E-state index contributed by atoms with van der Waals surface area (Å²) in [6, 6.07) is 0.417. The Morgan fingerprint density at radius 2 is 1.70 bits per heavy atom. The van der Waals surface area contributed by atoms with Crippen LogP contribution < -0.4 is 5.32 Å². The molecule has 0 radical (unpaired) electrons. The summed E-state index contributed by atoms with van der Waals surface area (Å²) in [5.74, 6) is 1.18. The number of hydrogen-bond acceptors (Lipinski definition) is 2. The van der Waals surface area contributed by atoms with Gasteiger partial charge in [-0.25, -0.2) is 4.98 Å². The van der Waals surface area contributed by atoms with Gasteiger partial charge in [0.05, 0.1) is 6.04 Å². The minimum absolute atomic E-state index is 0.417. The minimum atomic E-state index is 0.417. The molecule has 0 spiro atoms. The summed E-state index contributed by atoms with van der Waals surface area (Å²) in [5, 5.41) is 3.56. The topological polar surface area (TPSA) is 29.9 Å². The van der Waals surface area contributed by atoms with E-state index in [1.807, 2.05) is 12.4 Å². The second-order valence-electron chi connectivity index (χ2n) is 5.77. The predicted octanol–water partition coefficient (Wildman–Crippen LogP) is 4.60. The number of hydrogen-bond donors (Lipinski definition) is 1. The van der Waals surface area contributed by atoms with Crippen LogP contribution in [0.5, 0.6) is 0 Å².